The van der Waals surface area contributed by atoms with Crippen LogP contribution in [-0.2, 0) is 0 Å². The molecule has 0 amide bonds. The Labute approximate surface area is 104 Å². The molecule has 2 aliphatic rings. The molecule has 1 aromatic carbocycles. The quantitative estimate of drug-likeness (QED) is 0.797. The van der Waals surface area contributed by atoms with Crippen LogP contribution in [0.15, 0.2) is 24.3 Å². The highest BCUT2D eigenvalue weighted by atomic mass is 15.3. The van der Waals surface area contributed by atoms with Crippen molar-refractivity contribution in [1.29, 1.82) is 0 Å². The zero-order valence-corrected chi connectivity index (χ0v) is 10.7. The molecule has 2 fully saturated rings. The molecule has 2 heteroatoms. The topological polar surface area (TPSA) is 15.3 Å². The lowest BCUT2D eigenvalue weighted by molar-refractivity contribution is 0.0643. The van der Waals surface area contributed by atoms with Crippen LogP contribution >= 0.6 is 0 Å². The van der Waals surface area contributed by atoms with Crippen molar-refractivity contribution >= 4 is 0 Å². The number of hydrogen-bond donors (Lipinski definition) is 1. The zero-order valence-electron chi connectivity index (χ0n) is 10.7. The van der Waals surface area contributed by atoms with Crippen molar-refractivity contribution in [2.75, 3.05) is 19.6 Å². The first-order valence-corrected chi connectivity index (χ1v) is 6.87. The average molecular weight is 230 g/mol. The Kier molecular flexibility index (Phi) is 3.17. The maximum Gasteiger partial charge on any atom is 0.0476 e. The number of nitrogens with one attached hydrogen (secondary N) is 1. The third kappa shape index (κ3) is 2.24. The van der Waals surface area contributed by atoms with E-state index in [4.69, 9.17) is 0 Å². The third-order valence-corrected chi connectivity index (χ3v) is 4.22. The number of piperidine rings is 1. The normalized spacial score (nSPS) is 29.9. The van der Waals surface area contributed by atoms with Crippen molar-refractivity contribution in [3.8, 4) is 0 Å². The second-order valence-electron chi connectivity index (χ2n) is 5.48. The molecule has 0 saturated carbocycles. The van der Waals surface area contributed by atoms with E-state index >= 15 is 0 Å². The minimum absolute atomic E-state index is 0.592. The van der Waals surface area contributed by atoms with Crippen LogP contribution in [0.2, 0.25) is 0 Å². The molecule has 2 atom stereocenters. The largest absolute Gasteiger partial charge is 0.313 e. The molecule has 2 unspecified atom stereocenters. The molecule has 92 valence electrons. The van der Waals surface area contributed by atoms with Crippen molar-refractivity contribution < 1.29 is 0 Å². The van der Waals surface area contributed by atoms with E-state index in [1.807, 2.05) is 0 Å². The van der Waals surface area contributed by atoms with Gasteiger partial charge in [-0.3, -0.25) is 4.90 Å². The van der Waals surface area contributed by atoms with Gasteiger partial charge in [0.2, 0.25) is 0 Å². The molecule has 0 spiro atoms. The first-order chi connectivity index (χ1) is 8.34. The zero-order chi connectivity index (χ0) is 11.7. The highest BCUT2D eigenvalue weighted by Gasteiger charge is 2.32. The summed E-state index contributed by atoms with van der Waals surface area (Å²) in [4.78, 5) is 2.73. The summed E-state index contributed by atoms with van der Waals surface area (Å²) in [6.07, 6.45) is 4.15. The van der Waals surface area contributed by atoms with E-state index in [-0.39, 0.29) is 0 Å². The third-order valence-electron chi connectivity index (χ3n) is 4.22. The van der Waals surface area contributed by atoms with Gasteiger partial charge in [-0.15, -0.1) is 0 Å². The van der Waals surface area contributed by atoms with E-state index in [0.29, 0.717) is 6.04 Å². The molecule has 1 aromatic rings. The smallest absolute Gasteiger partial charge is 0.0476 e. The summed E-state index contributed by atoms with van der Waals surface area (Å²) in [6, 6.07) is 10.4. The SMILES string of the molecule is Cc1cccc(C2CNCC3CCCCN32)c1. The van der Waals surface area contributed by atoms with Gasteiger partial charge in [-0.25, -0.2) is 0 Å². The second kappa shape index (κ2) is 4.79. The molecular formula is C15H22N2. The number of nitrogens with zero attached hydrogens (tertiary/aromatic N) is 1. The van der Waals surface area contributed by atoms with Gasteiger partial charge in [0, 0.05) is 25.2 Å². The van der Waals surface area contributed by atoms with Crippen LogP contribution < -0.4 is 5.32 Å². The first kappa shape index (κ1) is 11.2. The van der Waals surface area contributed by atoms with Crippen molar-refractivity contribution in [1.82, 2.24) is 10.2 Å². The van der Waals surface area contributed by atoms with Crippen LogP contribution in [0.1, 0.15) is 36.4 Å². The van der Waals surface area contributed by atoms with Gasteiger partial charge in [-0.1, -0.05) is 36.2 Å². The molecule has 0 aliphatic carbocycles. The van der Waals surface area contributed by atoms with Gasteiger partial charge >= 0.3 is 0 Å². The van der Waals surface area contributed by atoms with E-state index in [9.17, 15) is 0 Å². The minimum Gasteiger partial charge on any atom is -0.313 e. The molecule has 17 heavy (non-hydrogen) atoms. The number of benzene rings is 1. The van der Waals surface area contributed by atoms with E-state index in [0.717, 1.165) is 12.6 Å². The molecule has 2 aliphatic heterocycles. The van der Waals surface area contributed by atoms with Crippen molar-refractivity contribution in [3.63, 3.8) is 0 Å². The number of piperazine rings is 1. The average Bonchev–Trinajstić information content (AvgIpc) is 2.38. The van der Waals surface area contributed by atoms with Gasteiger partial charge in [0.15, 0.2) is 0 Å². The number of hydrogen-bond acceptors (Lipinski definition) is 2. The minimum atomic E-state index is 0.592. The van der Waals surface area contributed by atoms with Crippen LogP contribution in [0.4, 0.5) is 0 Å². The molecule has 2 heterocycles. The summed E-state index contributed by atoms with van der Waals surface area (Å²) in [5, 5.41) is 3.61. The van der Waals surface area contributed by atoms with Crippen molar-refractivity contribution in [2.45, 2.75) is 38.3 Å². The molecular weight excluding hydrogens is 208 g/mol. The lowest BCUT2D eigenvalue weighted by Crippen LogP contribution is -2.54. The van der Waals surface area contributed by atoms with Crippen LogP contribution in [0.3, 0.4) is 0 Å². The van der Waals surface area contributed by atoms with Crippen molar-refractivity contribution in [2.24, 2.45) is 0 Å². The van der Waals surface area contributed by atoms with Crippen LogP contribution in [0, 0.1) is 6.92 Å². The molecule has 1 N–H and O–H groups in total. The Hall–Kier alpha value is -0.860. The lowest BCUT2D eigenvalue weighted by Gasteiger charge is -2.45. The highest BCUT2D eigenvalue weighted by molar-refractivity contribution is 5.26. The fraction of sp³-hybridized carbons (Fsp3) is 0.600. The van der Waals surface area contributed by atoms with Crippen LogP contribution in [0.25, 0.3) is 0 Å². The second-order valence-corrected chi connectivity index (χ2v) is 5.48. The molecule has 2 nitrogen and oxygen atoms in total. The number of rotatable bonds is 1. The van der Waals surface area contributed by atoms with Gasteiger partial charge in [0.25, 0.3) is 0 Å². The molecule has 2 saturated heterocycles. The van der Waals surface area contributed by atoms with Crippen molar-refractivity contribution in [3.05, 3.63) is 35.4 Å². The Balaban J connectivity index is 1.85. The van der Waals surface area contributed by atoms with Crippen LogP contribution in [0.5, 0.6) is 0 Å². The maximum absolute atomic E-state index is 3.61. The monoisotopic (exact) mass is 230 g/mol. The summed E-state index contributed by atoms with van der Waals surface area (Å²) < 4.78 is 0. The molecule has 3 rings (SSSR count). The predicted octanol–water partition coefficient (Wildman–Crippen LogP) is 2.49. The Morgan fingerprint density at radius 3 is 3.06 bits per heavy atom. The summed E-state index contributed by atoms with van der Waals surface area (Å²) in [5.74, 6) is 0. The Morgan fingerprint density at radius 1 is 1.24 bits per heavy atom. The van der Waals surface area contributed by atoms with E-state index in [1.54, 1.807) is 0 Å². The summed E-state index contributed by atoms with van der Waals surface area (Å²) in [7, 11) is 0. The summed E-state index contributed by atoms with van der Waals surface area (Å²) in [6.45, 7) is 5.76. The summed E-state index contributed by atoms with van der Waals surface area (Å²) >= 11 is 0. The lowest BCUT2D eigenvalue weighted by atomic mass is 9.93. The standard InChI is InChI=1S/C15H22N2/c1-12-5-4-6-13(9-12)15-11-16-10-14-7-2-3-8-17(14)15/h4-6,9,14-16H,2-3,7-8,10-11H2,1H3. The van der Waals surface area contributed by atoms with Gasteiger partial charge < -0.3 is 5.32 Å². The molecule has 0 aromatic heterocycles. The highest BCUT2D eigenvalue weighted by Crippen LogP contribution is 2.30. The molecule has 0 radical (unpaired) electrons. The molecule has 0 bridgehead atoms. The maximum atomic E-state index is 3.61. The van der Waals surface area contributed by atoms with Gasteiger partial charge in [-0.2, -0.15) is 0 Å². The predicted molar refractivity (Wildman–Crippen MR) is 71.1 cm³/mol. The van der Waals surface area contributed by atoms with E-state index in [1.165, 1.54) is 43.5 Å². The van der Waals surface area contributed by atoms with E-state index < -0.39 is 0 Å². The fourth-order valence-electron chi connectivity index (χ4n) is 3.34. The number of fused-ring (bicyclic) bond motifs is 1. The van der Waals surface area contributed by atoms with E-state index in [2.05, 4.69) is 41.4 Å². The number of aryl methyl sites for hydroxylation is 1. The summed E-state index contributed by atoms with van der Waals surface area (Å²) in [5.41, 5.74) is 2.87. The van der Waals surface area contributed by atoms with Gasteiger partial charge in [0.05, 0.1) is 0 Å². The Morgan fingerprint density at radius 2 is 2.18 bits per heavy atom. The van der Waals surface area contributed by atoms with Gasteiger partial charge in [0.1, 0.15) is 0 Å². The first-order valence-electron chi connectivity index (χ1n) is 6.87. The fourth-order valence-corrected chi connectivity index (χ4v) is 3.34. The Bertz CT molecular complexity index is 386. The van der Waals surface area contributed by atoms with Gasteiger partial charge in [-0.05, 0) is 31.9 Å². The van der Waals surface area contributed by atoms with Crippen LogP contribution in [-0.4, -0.2) is 30.6 Å².